The van der Waals surface area contributed by atoms with Crippen molar-refractivity contribution in [3.63, 3.8) is 0 Å². The van der Waals surface area contributed by atoms with E-state index in [2.05, 4.69) is 28.4 Å². The van der Waals surface area contributed by atoms with Crippen molar-refractivity contribution in [3.05, 3.63) is 58.9 Å². The third kappa shape index (κ3) is 6.74. The van der Waals surface area contributed by atoms with Crippen molar-refractivity contribution in [2.75, 3.05) is 53.0 Å². The van der Waals surface area contributed by atoms with Gasteiger partial charge in [0.25, 0.3) is 11.8 Å². The number of hydrogen-bond donors (Lipinski definition) is 3. The number of amidine groups is 1. The van der Waals surface area contributed by atoms with Crippen LogP contribution in [0.25, 0.3) is 0 Å². The largest absolute Gasteiger partial charge is 0.505 e. The summed E-state index contributed by atoms with van der Waals surface area (Å²) >= 11 is 0. The topological polar surface area (TPSA) is 139 Å². The van der Waals surface area contributed by atoms with Gasteiger partial charge in [0.15, 0.2) is 12.0 Å². The maximum atomic E-state index is 14.5. The van der Waals surface area contributed by atoms with Crippen molar-refractivity contribution in [1.82, 2.24) is 24.9 Å². The highest BCUT2D eigenvalue weighted by Gasteiger charge is 2.71. The second kappa shape index (κ2) is 13.8. The Balaban J connectivity index is 1.40. The molecule has 0 aromatic carbocycles. The van der Waals surface area contributed by atoms with Crippen LogP contribution in [0.15, 0.2) is 68.9 Å². The number of nitrogens with two attached hydrogens (primary N) is 1. The zero-order valence-electron chi connectivity index (χ0n) is 29.0. The maximum absolute atomic E-state index is 14.5. The Kier molecular flexibility index (Phi) is 10.1. The van der Waals surface area contributed by atoms with Crippen molar-refractivity contribution >= 4 is 23.9 Å². The number of carbonyl (C=O) groups is 2. The SMILES string of the molecule is C=C(NC1N(C)C(=O)C(N2CCN(C(=O)/C(N=CC)=C(\O)C(=C)C)CC2)=C(CC)N1CC(N)=NC1CC2(C1)CC2(C)F)C1=CCOCC1. The molecule has 13 heteroatoms. The molecule has 262 valence electrons. The number of aliphatic imine (C=N–C) groups is 2. The van der Waals surface area contributed by atoms with Crippen molar-refractivity contribution in [1.29, 1.82) is 0 Å². The summed E-state index contributed by atoms with van der Waals surface area (Å²) in [7, 11) is 1.75. The van der Waals surface area contributed by atoms with Gasteiger partial charge < -0.3 is 40.5 Å². The van der Waals surface area contributed by atoms with Crippen LogP contribution in [0.1, 0.15) is 59.8 Å². The lowest BCUT2D eigenvalue weighted by molar-refractivity contribution is -0.137. The molecule has 3 heterocycles. The van der Waals surface area contributed by atoms with Crippen LogP contribution in [0.4, 0.5) is 4.39 Å². The summed E-state index contributed by atoms with van der Waals surface area (Å²) in [5.74, 6) is -0.356. The van der Waals surface area contributed by atoms with E-state index in [0.717, 1.165) is 11.3 Å². The van der Waals surface area contributed by atoms with Crippen LogP contribution in [-0.4, -0.2) is 120 Å². The summed E-state index contributed by atoms with van der Waals surface area (Å²) in [4.78, 5) is 43.9. The molecule has 2 unspecified atom stereocenters. The van der Waals surface area contributed by atoms with Gasteiger partial charge in [0, 0.05) is 56.3 Å². The molecule has 1 saturated heterocycles. The van der Waals surface area contributed by atoms with Gasteiger partial charge >= 0.3 is 0 Å². The predicted molar refractivity (Wildman–Crippen MR) is 184 cm³/mol. The summed E-state index contributed by atoms with van der Waals surface area (Å²) < 4.78 is 20.0. The number of rotatable bonds is 11. The van der Waals surface area contributed by atoms with Crippen LogP contribution in [-0.2, 0) is 14.3 Å². The van der Waals surface area contributed by atoms with E-state index in [1.807, 2.05) is 17.9 Å². The fourth-order valence-electron chi connectivity index (χ4n) is 7.37. The number of nitrogens with one attached hydrogen (secondary N) is 1. The summed E-state index contributed by atoms with van der Waals surface area (Å²) in [6.07, 6.45) is 6.12. The van der Waals surface area contributed by atoms with E-state index in [1.54, 1.807) is 37.6 Å². The van der Waals surface area contributed by atoms with Crippen LogP contribution in [0.3, 0.4) is 0 Å². The van der Waals surface area contributed by atoms with Gasteiger partial charge in [-0.1, -0.05) is 26.2 Å². The lowest BCUT2D eigenvalue weighted by Gasteiger charge is -2.49. The molecule has 2 saturated carbocycles. The van der Waals surface area contributed by atoms with Crippen LogP contribution in [0.5, 0.6) is 0 Å². The molecule has 2 amide bonds. The summed E-state index contributed by atoms with van der Waals surface area (Å²) in [5.41, 5.74) is 8.66. The Morgan fingerprint density at radius 3 is 2.48 bits per heavy atom. The standard InChI is InChI=1S/C35H51FN8O4/c1-8-26-29(42-12-14-43(15-13-42)31(46)28(38-9-2)30(45)22(3)4)32(47)41(7)33(39-23(5)24-10-16-48-17-11-24)44(26)20-27(37)40-25-18-35(19-25)21-34(35,6)36/h9-10,25,33,39,45H,3,5,8,11-21H2,1-2,4,6-7H3,(H2,37,40)/b30-28+,38-9?. The third-order valence-electron chi connectivity index (χ3n) is 10.4. The average Bonchev–Trinajstić information content (AvgIpc) is 3.63. The van der Waals surface area contributed by atoms with Gasteiger partial charge in [-0.25, -0.2) is 4.39 Å². The van der Waals surface area contributed by atoms with E-state index < -0.39 is 17.9 Å². The molecule has 3 fully saturated rings. The van der Waals surface area contributed by atoms with Crippen molar-refractivity contribution in [3.8, 4) is 0 Å². The van der Waals surface area contributed by atoms with E-state index in [4.69, 9.17) is 15.5 Å². The minimum Gasteiger partial charge on any atom is -0.505 e. The van der Waals surface area contributed by atoms with Gasteiger partial charge in [0.2, 0.25) is 0 Å². The summed E-state index contributed by atoms with van der Waals surface area (Å²) in [6, 6.07) is -0.0139. The molecule has 5 aliphatic rings. The summed E-state index contributed by atoms with van der Waals surface area (Å²) in [5, 5.41) is 14.0. The molecule has 2 aliphatic carbocycles. The predicted octanol–water partition coefficient (Wildman–Crippen LogP) is 3.33. The number of nitrogens with zero attached hydrogens (tertiary/aromatic N) is 6. The zero-order valence-corrected chi connectivity index (χ0v) is 29.0. The molecule has 0 bridgehead atoms. The first-order valence-corrected chi connectivity index (χ1v) is 16.9. The van der Waals surface area contributed by atoms with Gasteiger partial charge in [0.05, 0.1) is 25.8 Å². The van der Waals surface area contributed by atoms with E-state index in [9.17, 15) is 19.1 Å². The van der Waals surface area contributed by atoms with Gasteiger partial charge in [0.1, 0.15) is 23.0 Å². The molecule has 3 aliphatic heterocycles. The van der Waals surface area contributed by atoms with Crippen LogP contribution in [0, 0.1) is 5.41 Å². The number of amides is 2. The molecule has 0 aromatic heterocycles. The number of halogens is 1. The van der Waals surface area contributed by atoms with Crippen molar-refractivity contribution in [2.24, 2.45) is 21.1 Å². The number of aliphatic hydroxyl groups is 1. The number of alkyl halides is 1. The second-order valence-corrected chi connectivity index (χ2v) is 13.7. The Labute approximate surface area is 283 Å². The number of likely N-dealkylation sites (N-methyl/N-ethyl adjacent to an activating group) is 1. The molecule has 1 spiro atoms. The number of aliphatic hydroxyl groups excluding tert-OH is 1. The monoisotopic (exact) mass is 666 g/mol. The van der Waals surface area contributed by atoms with Crippen LogP contribution in [0.2, 0.25) is 0 Å². The Hall–Kier alpha value is -4.13. The number of piperazine rings is 1. The van der Waals surface area contributed by atoms with Crippen molar-refractivity contribution < 1.29 is 23.8 Å². The molecule has 0 radical (unpaired) electrons. The lowest BCUT2D eigenvalue weighted by Crippen LogP contribution is -2.63. The molecule has 2 atom stereocenters. The molecule has 12 nitrogen and oxygen atoms in total. The Morgan fingerprint density at radius 2 is 1.94 bits per heavy atom. The maximum Gasteiger partial charge on any atom is 0.276 e. The number of ether oxygens (including phenoxy) is 1. The van der Waals surface area contributed by atoms with Gasteiger partial charge in [-0.15, -0.1) is 0 Å². The molecule has 4 N–H and O–H groups in total. The minimum absolute atomic E-state index is 0.0139. The quantitative estimate of drug-likeness (QED) is 0.100. The Bertz CT molecular complexity index is 1500. The average molecular weight is 667 g/mol. The van der Waals surface area contributed by atoms with Gasteiger partial charge in [-0.05, 0) is 64.0 Å². The first-order valence-electron chi connectivity index (χ1n) is 16.9. The first kappa shape index (κ1) is 35.2. The fourth-order valence-corrected chi connectivity index (χ4v) is 7.37. The van der Waals surface area contributed by atoms with E-state index in [1.165, 1.54) is 6.21 Å². The minimum atomic E-state index is -1.11. The zero-order chi connectivity index (χ0) is 35.0. The van der Waals surface area contributed by atoms with E-state index >= 15 is 0 Å². The van der Waals surface area contributed by atoms with Gasteiger partial charge in [-0.2, -0.15) is 0 Å². The molecule has 0 aromatic rings. The second-order valence-electron chi connectivity index (χ2n) is 13.7. The summed E-state index contributed by atoms with van der Waals surface area (Å²) in [6.45, 7) is 17.8. The number of allylic oxidation sites excluding steroid dienone is 3. The smallest absolute Gasteiger partial charge is 0.276 e. The normalized spacial score (nSPS) is 30.0. The highest BCUT2D eigenvalue weighted by molar-refractivity contribution is 5.96. The van der Waals surface area contributed by atoms with Crippen LogP contribution < -0.4 is 11.1 Å². The molecule has 5 rings (SSSR count). The Morgan fingerprint density at radius 1 is 1.27 bits per heavy atom. The molecular formula is C35H51FN8O4. The van der Waals surface area contributed by atoms with Crippen LogP contribution >= 0.6 is 0 Å². The third-order valence-corrected chi connectivity index (χ3v) is 10.4. The highest BCUT2D eigenvalue weighted by Crippen LogP contribution is 2.70. The number of hydrogen-bond acceptors (Lipinski definition) is 9. The molecule has 48 heavy (non-hydrogen) atoms. The van der Waals surface area contributed by atoms with Crippen molar-refractivity contribution in [2.45, 2.75) is 77.8 Å². The first-order chi connectivity index (χ1) is 22.7. The fraction of sp³-hybridized carbons (Fsp3) is 0.600. The van der Waals surface area contributed by atoms with Gasteiger partial charge in [-0.3, -0.25) is 19.6 Å². The molecular weight excluding hydrogens is 615 g/mol. The highest BCUT2D eigenvalue weighted by atomic mass is 19.1. The number of carbonyl (C=O) groups excluding carboxylic acids is 2. The lowest BCUT2D eigenvalue weighted by atomic mass is 9.75. The van der Waals surface area contributed by atoms with E-state index in [-0.39, 0.29) is 35.4 Å². The van der Waals surface area contributed by atoms with E-state index in [0.29, 0.717) is 94.3 Å².